The molecule has 16 heavy (non-hydrogen) atoms. The van der Waals surface area contributed by atoms with Gasteiger partial charge in [0.1, 0.15) is 0 Å². The van der Waals surface area contributed by atoms with Gasteiger partial charge >= 0.3 is 103 Å². The molecule has 0 aromatic heterocycles. The quantitative estimate of drug-likeness (QED) is 0.601. The van der Waals surface area contributed by atoms with Crippen LogP contribution in [0.5, 0.6) is 0 Å². The molecule has 0 atom stereocenters. The van der Waals surface area contributed by atoms with E-state index in [1.807, 2.05) is 27.7 Å². The van der Waals surface area contributed by atoms with E-state index in [0.717, 1.165) is 25.7 Å². The molecule has 0 rings (SSSR count). The van der Waals surface area contributed by atoms with Gasteiger partial charge in [0, 0.05) is 0 Å². The van der Waals surface area contributed by atoms with Gasteiger partial charge in [-0.25, -0.2) is 0 Å². The predicted molar refractivity (Wildman–Crippen MR) is 63.4 cm³/mol. The summed E-state index contributed by atoms with van der Waals surface area (Å²) in [6.07, 6.45) is 3.55. The van der Waals surface area contributed by atoms with Crippen molar-refractivity contribution in [3.63, 3.8) is 0 Å². The molecule has 0 aliphatic carbocycles. The zero-order valence-electron chi connectivity index (χ0n) is 11.4. The first-order valence-electron chi connectivity index (χ1n) is 6.73. The fourth-order valence-corrected chi connectivity index (χ4v) is 12.3. The third-order valence-corrected chi connectivity index (χ3v) is 14.1. The van der Waals surface area contributed by atoms with Crippen molar-refractivity contribution in [3.8, 4) is 0 Å². The summed E-state index contributed by atoms with van der Waals surface area (Å²) in [4.78, 5) is 0. The molecule has 0 radical (unpaired) electrons. The molecule has 0 aromatic carbocycles. The summed E-state index contributed by atoms with van der Waals surface area (Å²) in [5.74, 6) is 0. The standard InChI is InChI=1S/2C3H7O.2C3H7.O.Zr/c2*1-2-3-4;2*1-3-2;;/h2*2-3H2,1H3;2*1,3H2,2H3;;/q2*-1;;;;+2. The van der Waals surface area contributed by atoms with Crippen molar-refractivity contribution in [2.45, 2.75) is 61.6 Å². The zero-order chi connectivity index (χ0) is 12.5. The topological polar surface area (TPSA) is 35.5 Å². The third-order valence-electron chi connectivity index (χ3n) is 2.72. The number of hydrogen-bond acceptors (Lipinski definition) is 3. The predicted octanol–water partition coefficient (Wildman–Crippen LogP) is 4.36. The summed E-state index contributed by atoms with van der Waals surface area (Å²) >= 11 is -4.52. The van der Waals surface area contributed by atoms with Crippen LogP contribution in [0.3, 0.4) is 0 Å². The van der Waals surface area contributed by atoms with Crippen molar-refractivity contribution in [1.82, 2.24) is 0 Å². The first kappa shape index (κ1) is 16.6. The Morgan fingerprint density at radius 1 is 0.750 bits per heavy atom. The van der Waals surface area contributed by atoms with Gasteiger partial charge in [0.15, 0.2) is 0 Å². The van der Waals surface area contributed by atoms with Gasteiger partial charge in [-0.1, -0.05) is 0 Å². The van der Waals surface area contributed by atoms with Gasteiger partial charge in [-0.2, -0.15) is 0 Å². The maximum atomic E-state index is 13.2. The van der Waals surface area contributed by atoms with Crippen LogP contribution in [0.25, 0.3) is 0 Å². The molecule has 98 valence electrons. The van der Waals surface area contributed by atoms with Crippen LogP contribution >= 0.6 is 0 Å². The second kappa shape index (κ2) is 7.84. The molecule has 0 bridgehead atoms. The van der Waals surface area contributed by atoms with Gasteiger partial charge in [0.05, 0.1) is 0 Å². The SMILES string of the molecule is CCC[O][Zr](=[O])([CH2]CC)([CH2]CC)[O]CCC. The molecule has 0 amide bonds. The Labute approximate surface area is 103 Å². The summed E-state index contributed by atoms with van der Waals surface area (Å²) in [7, 11) is 0. The van der Waals surface area contributed by atoms with Crippen molar-refractivity contribution >= 4 is 0 Å². The van der Waals surface area contributed by atoms with Crippen molar-refractivity contribution < 1.29 is 28.1 Å². The minimum absolute atomic E-state index is 0.568. The molecule has 0 aliphatic heterocycles. The van der Waals surface area contributed by atoms with E-state index >= 15 is 0 Å². The molecule has 0 N–H and O–H groups in total. The van der Waals surface area contributed by atoms with Crippen LogP contribution in [0.4, 0.5) is 0 Å². The normalized spacial score (nSPS) is 13.1. The maximum absolute atomic E-state index is 13.2. The molecule has 0 heterocycles. The fourth-order valence-electron chi connectivity index (χ4n) is 2.08. The van der Waals surface area contributed by atoms with Crippen LogP contribution in [0, 0.1) is 0 Å². The third kappa shape index (κ3) is 5.29. The monoisotopic (exact) mass is 310 g/mol. The second-order valence-electron chi connectivity index (χ2n) is 4.56. The molecule has 0 saturated heterocycles. The van der Waals surface area contributed by atoms with Crippen molar-refractivity contribution in [3.05, 3.63) is 0 Å². The van der Waals surface area contributed by atoms with E-state index in [1.165, 1.54) is 0 Å². The average molecular weight is 312 g/mol. The van der Waals surface area contributed by atoms with Crippen LogP contribution in [0.1, 0.15) is 53.4 Å². The fraction of sp³-hybridized carbons (Fsp3) is 1.00. The van der Waals surface area contributed by atoms with E-state index in [4.69, 9.17) is 5.63 Å². The molecule has 0 fully saturated rings. The van der Waals surface area contributed by atoms with Gasteiger partial charge in [-0.3, -0.25) is 0 Å². The summed E-state index contributed by atoms with van der Waals surface area (Å²) in [5, 5.41) is 0. The van der Waals surface area contributed by atoms with Crippen LogP contribution in [0.2, 0.25) is 8.26 Å². The molecule has 0 aliphatic rings. The Bertz CT molecular complexity index is 214. The summed E-state index contributed by atoms with van der Waals surface area (Å²) in [6, 6.07) is 0. The van der Waals surface area contributed by atoms with Crippen molar-refractivity contribution in [2.24, 2.45) is 0 Å². The molecular formula is C12H28O3Zr. The van der Waals surface area contributed by atoms with E-state index in [1.54, 1.807) is 0 Å². The van der Waals surface area contributed by atoms with E-state index in [2.05, 4.69) is 0 Å². The molecule has 0 spiro atoms. The molecule has 0 aromatic rings. The van der Waals surface area contributed by atoms with Gasteiger partial charge in [-0.05, 0) is 0 Å². The summed E-state index contributed by atoms with van der Waals surface area (Å²) in [6.45, 7) is 9.31. The first-order chi connectivity index (χ1) is 7.54. The van der Waals surface area contributed by atoms with Crippen molar-refractivity contribution in [2.75, 3.05) is 13.2 Å². The van der Waals surface area contributed by atoms with E-state index < -0.39 is 19.7 Å². The summed E-state index contributed by atoms with van der Waals surface area (Å²) in [5.41, 5.74) is 0. The molecule has 3 nitrogen and oxygen atoms in total. The van der Waals surface area contributed by atoms with Gasteiger partial charge in [-0.15, -0.1) is 0 Å². The number of hydrogen-bond donors (Lipinski definition) is 0. The molecule has 4 heteroatoms. The van der Waals surface area contributed by atoms with E-state index in [-0.39, 0.29) is 0 Å². The molecule has 0 unspecified atom stereocenters. The second-order valence-corrected chi connectivity index (χ2v) is 15.2. The Morgan fingerprint density at radius 3 is 1.38 bits per heavy atom. The van der Waals surface area contributed by atoms with E-state index in [9.17, 15) is 2.81 Å². The molecular weight excluding hydrogens is 283 g/mol. The zero-order valence-corrected chi connectivity index (χ0v) is 13.8. The Morgan fingerprint density at radius 2 is 1.12 bits per heavy atom. The van der Waals surface area contributed by atoms with Gasteiger partial charge in [0.25, 0.3) is 0 Å². The minimum atomic E-state index is -4.52. The van der Waals surface area contributed by atoms with Crippen LogP contribution < -0.4 is 0 Å². The first-order valence-corrected chi connectivity index (χ1v) is 13.2. The van der Waals surface area contributed by atoms with Crippen LogP contribution in [0.15, 0.2) is 0 Å². The Balaban J connectivity index is 4.80. The number of rotatable bonds is 10. The van der Waals surface area contributed by atoms with Crippen LogP contribution in [-0.2, 0) is 28.1 Å². The summed E-state index contributed by atoms with van der Waals surface area (Å²) < 4.78 is 26.0. The average Bonchev–Trinajstić information content (AvgIpc) is 2.25. The van der Waals surface area contributed by atoms with Crippen molar-refractivity contribution in [1.29, 1.82) is 0 Å². The van der Waals surface area contributed by atoms with E-state index in [0.29, 0.717) is 21.5 Å². The Hall–Kier alpha value is 0.603. The van der Waals surface area contributed by atoms with Gasteiger partial charge < -0.3 is 0 Å². The Kier molecular flexibility index (Phi) is 8.13. The molecule has 0 saturated carbocycles. The van der Waals surface area contributed by atoms with Crippen LogP contribution in [-0.4, -0.2) is 13.2 Å². The van der Waals surface area contributed by atoms with Gasteiger partial charge in [0.2, 0.25) is 0 Å².